The third-order valence-electron chi connectivity index (χ3n) is 5.41. The third-order valence-corrected chi connectivity index (χ3v) is 6.22. The molecule has 2 fully saturated rings. The van der Waals surface area contributed by atoms with Crippen molar-refractivity contribution in [1.29, 1.82) is 0 Å². The number of nitrogens with one attached hydrogen (secondary N) is 1. The zero-order chi connectivity index (χ0) is 19.5. The van der Waals surface area contributed by atoms with Crippen LogP contribution in [0.5, 0.6) is 0 Å². The van der Waals surface area contributed by atoms with E-state index in [0.29, 0.717) is 17.1 Å². The first kappa shape index (κ1) is 19.1. The molecule has 1 N–H and O–H groups in total. The fourth-order valence-electron chi connectivity index (χ4n) is 3.98. The molecule has 2 aliphatic heterocycles. The van der Waals surface area contributed by atoms with Gasteiger partial charge in [-0.3, -0.25) is 19.8 Å². The first-order valence-corrected chi connectivity index (χ1v) is 10.8. The Bertz CT molecular complexity index is 848. The van der Waals surface area contributed by atoms with Gasteiger partial charge in [0.25, 0.3) is 5.91 Å². The molecule has 1 unspecified atom stereocenters. The minimum absolute atomic E-state index is 0.149. The highest BCUT2D eigenvalue weighted by molar-refractivity contribution is 7.14. The molecule has 0 spiro atoms. The molecule has 3 heterocycles. The van der Waals surface area contributed by atoms with Crippen LogP contribution < -0.4 is 10.2 Å². The van der Waals surface area contributed by atoms with Crippen LogP contribution in [0.2, 0.25) is 0 Å². The zero-order valence-electron chi connectivity index (χ0n) is 16.2. The minimum Gasteiger partial charge on any atom is -0.312 e. The van der Waals surface area contributed by atoms with Crippen molar-refractivity contribution in [2.24, 2.45) is 5.92 Å². The average Bonchev–Trinajstić information content (AvgIpc) is 3.30. The molecule has 0 radical (unpaired) electrons. The van der Waals surface area contributed by atoms with Crippen molar-refractivity contribution in [2.75, 3.05) is 29.9 Å². The van der Waals surface area contributed by atoms with Gasteiger partial charge in [0, 0.05) is 42.7 Å². The van der Waals surface area contributed by atoms with E-state index in [2.05, 4.69) is 22.1 Å². The second-order valence-corrected chi connectivity index (χ2v) is 8.63. The van der Waals surface area contributed by atoms with Crippen molar-refractivity contribution in [3.63, 3.8) is 0 Å². The van der Waals surface area contributed by atoms with Crippen molar-refractivity contribution in [1.82, 2.24) is 9.88 Å². The van der Waals surface area contributed by atoms with Crippen molar-refractivity contribution in [3.05, 3.63) is 40.9 Å². The number of nitrogens with zero attached hydrogens (tertiary/aromatic N) is 3. The number of carbonyl (C=O) groups excluding carboxylic acids is 2. The fourth-order valence-corrected chi connectivity index (χ4v) is 4.68. The molecule has 2 aromatic rings. The second-order valence-electron chi connectivity index (χ2n) is 7.78. The number of thiazole rings is 1. The number of carbonyl (C=O) groups is 2. The molecule has 1 aromatic carbocycles. The molecule has 0 bridgehead atoms. The van der Waals surface area contributed by atoms with Crippen LogP contribution >= 0.6 is 11.3 Å². The van der Waals surface area contributed by atoms with Crippen LogP contribution in [0.15, 0.2) is 29.6 Å². The van der Waals surface area contributed by atoms with E-state index in [1.807, 2.05) is 17.5 Å². The lowest BCUT2D eigenvalue weighted by molar-refractivity contribution is -0.117. The van der Waals surface area contributed by atoms with Crippen molar-refractivity contribution in [3.8, 4) is 0 Å². The Morgan fingerprint density at radius 3 is 2.79 bits per heavy atom. The molecule has 148 valence electrons. The van der Waals surface area contributed by atoms with Crippen LogP contribution in [0.25, 0.3) is 0 Å². The van der Waals surface area contributed by atoms with Gasteiger partial charge in [0.1, 0.15) is 0 Å². The molecular weight excluding hydrogens is 372 g/mol. The summed E-state index contributed by atoms with van der Waals surface area (Å²) in [5.74, 6) is 0.716. The fraction of sp³-hybridized carbons (Fsp3) is 0.476. The van der Waals surface area contributed by atoms with Gasteiger partial charge in [0.15, 0.2) is 5.13 Å². The minimum atomic E-state index is -0.174. The molecule has 0 saturated carbocycles. The summed E-state index contributed by atoms with van der Waals surface area (Å²) in [4.78, 5) is 33.1. The highest BCUT2D eigenvalue weighted by atomic mass is 32.1. The largest absolute Gasteiger partial charge is 0.312 e. The van der Waals surface area contributed by atoms with Crippen LogP contribution in [-0.4, -0.2) is 41.3 Å². The summed E-state index contributed by atoms with van der Waals surface area (Å²) in [6, 6.07) is 7.20. The van der Waals surface area contributed by atoms with Crippen LogP contribution in [0, 0.1) is 5.92 Å². The smallest absolute Gasteiger partial charge is 0.257 e. The molecule has 4 rings (SSSR count). The number of benzene rings is 1. The summed E-state index contributed by atoms with van der Waals surface area (Å²) in [5, 5.41) is 5.55. The molecule has 1 atom stereocenters. The Morgan fingerprint density at radius 1 is 1.25 bits per heavy atom. The molecule has 2 aliphatic rings. The number of hydrogen-bond donors (Lipinski definition) is 1. The van der Waals surface area contributed by atoms with Gasteiger partial charge in [-0.15, -0.1) is 11.3 Å². The van der Waals surface area contributed by atoms with Gasteiger partial charge >= 0.3 is 0 Å². The van der Waals surface area contributed by atoms with Crippen LogP contribution in [0.4, 0.5) is 10.8 Å². The lowest BCUT2D eigenvalue weighted by atomic mass is 10.0. The molecule has 1 aromatic heterocycles. The van der Waals surface area contributed by atoms with E-state index in [1.165, 1.54) is 24.2 Å². The Hall–Kier alpha value is -2.25. The maximum absolute atomic E-state index is 12.5. The summed E-state index contributed by atoms with van der Waals surface area (Å²) < 4.78 is 0. The number of rotatable bonds is 5. The number of piperidine rings is 1. The molecule has 0 aliphatic carbocycles. The van der Waals surface area contributed by atoms with E-state index in [0.717, 1.165) is 49.9 Å². The number of amides is 2. The summed E-state index contributed by atoms with van der Waals surface area (Å²) in [6.07, 6.45) is 4.04. The summed E-state index contributed by atoms with van der Waals surface area (Å²) in [7, 11) is 0. The van der Waals surface area contributed by atoms with Gasteiger partial charge < -0.3 is 4.90 Å². The number of aromatic nitrogens is 1. The van der Waals surface area contributed by atoms with E-state index in [-0.39, 0.29) is 11.8 Å². The van der Waals surface area contributed by atoms with Gasteiger partial charge in [0.05, 0.1) is 5.69 Å². The van der Waals surface area contributed by atoms with E-state index in [1.54, 1.807) is 17.0 Å². The average molecular weight is 399 g/mol. The number of likely N-dealkylation sites (tertiary alicyclic amines) is 1. The quantitative estimate of drug-likeness (QED) is 0.833. The predicted molar refractivity (Wildman–Crippen MR) is 112 cm³/mol. The van der Waals surface area contributed by atoms with Gasteiger partial charge in [-0.1, -0.05) is 6.92 Å². The topological polar surface area (TPSA) is 65.5 Å². The van der Waals surface area contributed by atoms with Gasteiger partial charge in [-0.25, -0.2) is 4.98 Å². The lowest BCUT2D eigenvalue weighted by Crippen LogP contribution is -2.33. The Morgan fingerprint density at radius 2 is 2.07 bits per heavy atom. The maximum atomic E-state index is 12.5. The Balaban J connectivity index is 1.34. The Labute approximate surface area is 169 Å². The van der Waals surface area contributed by atoms with E-state index in [4.69, 9.17) is 0 Å². The molecule has 7 heteroatoms. The second kappa shape index (κ2) is 8.41. The highest BCUT2D eigenvalue weighted by Gasteiger charge is 2.22. The summed E-state index contributed by atoms with van der Waals surface area (Å²) in [5.41, 5.74) is 2.43. The van der Waals surface area contributed by atoms with E-state index < -0.39 is 0 Å². The lowest BCUT2D eigenvalue weighted by Gasteiger charge is -2.30. The molecule has 6 nitrogen and oxygen atoms in total. The van der Waals surface area contributed by atoms with Crippen molar-refractivity contribution < 1.29 is 9.59 Å². The van der Waals surface area contributed by atoms with Crippen LogP contribution in [-0.2, 0) is 11.3 Å². The van der Waals surface area contributed by atoms with Crippen molar-refractivity contribution in [2.45, 2.75) is 39.2 Å². The summed E-state index contributed by atoms with van der Waals surface area (Å²) in [6.45, 7) is 6.13. The monoisotopic (exact) mass is 398 g/mol. The van der Waals surface area contributed by atoms with E-state index in [9.17, 15) is 9.59 Å². The standard InChI is InChI=1S/C21H26N4O2S/c1-15-4-2-10-24(12-15)13-17-14-28-21(22-17)23-20(27)16-6-8-18(9-7-16)25-11-3-5-19(25)26/h6-9,14-15H,2-5,10-13H2,1H3,(H,22,23,27). The number of hydrogen-bond acceptors (Lipinski definition) is 5. The zero-order valence-corrected chi connectivity index (χ0v) is 17.0. The molecule has 2 saturated heterocycles. The van der Waals surface area contributed by atoms with E-state index >= 15 is 0 Å². The van der Waals surface area contributed by atoms with Crippen LogP contribution in [0.1, 0.15) is 48.7 Å². The van der Waals surface area contributed by atoms with Gasteiger partial charge in [-0.05, 0) is 56.0 Å². The van der Waals surface area contributed by atoms with Crippen LogP contribution in [0.3, 0.4) is 0 Å². The molecular formula is C21H26N4O2S. The highest BCUT2D eigenvalue weighted by Crippen LogP contribution is 2.23. The first-order chi connectivity index (χ1) is 13.6. The van der Waals surface area contributed by atoms with Crippen molar-refractivity contribution >= 4 is 34.0 Å². The predicted octanol–water partition coefficient (Wildman–Crippen LogP) is 3.75. The molecule has 28 heavy (non-hydrogen) atoms. The SMILES string of the molecule is CC1CCCN(Cc2csc(NC(=O)c3ccc(N4CCCC4=O)cc3)n2)C1. The molecule has 2 amide bonds. The van der Waals surface area contributed by atoms with Gasteiger partial charge in [-0.2, -0.15) is 0 Å². The maximum Gasteiger partial charge on any atom is 0.257 e. The third kappa shape index (κ3) is 4.42. The summed E-state index contributed by atoms with van der Waals surface area (Å²) >= 11 is 1.46. The number of anilines is 2. The first-order valence-electron chi connectivity index (χ1n) is 9.97. The Kier molecular flexibility index (Phi) is 5.73. The normalized spacial score (nSPS) is 20.5. The van der Waals surface area contributed by atoms with Gasteiger partial charge in [0.2, 0.25) is 5.91 Å².